The zero-order chi connectivity index (χ0) is 15.8. The summed E-state index contributed by atoms with van der Waals surface area (Å²) >= 11 is 3.33. The highest BCUT2D eigenvalue weighted by atomic mass is 79.9. The molecule has 2 rings (SSSR count). The van der Waals surface area contributed by atoms with Crippen LogP contribution >= 0.6 is 15.9 Å². The van der Waals surface area contributed by atoms with Crippen LogP contribution in [0.1, 0.15) is 5.56 Å². The monoisotopic (exact) mass is 362 g/mol. The first-order valence-corrected chi connectivity index (χ1v) is 7.31. The van der Waals surface area contributed by atoms with Crippen molar-refractivity contribution in [3.8, 4) is 11.5 Å². The molecular weight excluding hydrogens is 348 g/mol. The minimum atomic E-state index is -0.326. The summed E-state index contributed by atoms with van der Waals surface area (Å²) in [5.41, 5.74) is 3.26. The summed E-state index contributed by atoms with van der Waals surface area (Å²) in [7, 11) is 1.61. The Hall–Kier alpha value is -2.34. The number of rotatable bonds is 6. The van der Waals surface area contributed by atoms with Crippen molar-refractivity contribution in [2.75, 3.05) is 13.7 Å². The van der Waals surface area contributed by atoms with Crippen molar-refractivity contribution in [1.29, 1.82) is 0 Å². The fourth-order valence-electron chi connectivity index (χ4n) is 1.58. The Balaban J connectivity index is 1.76. The minimum absolute atomic E-state index is 0.0956. The molecule has 1 N–H and O–H groups in total. The molecule has 0 fully saturated rings. The van der Waals surface area contributed by atoms with E-state index in [2.05, 4.69) is 26.5 Å². The summed E-state index contributed by atoms with van der Waals surface area (Å²) in [6, 6.07) is 14.6. The molecule has 0 saturated carbocycles. The van der Waals surface area contributed by atoms with Gasteiger partial charge in [0.1, 0.15) is 11.5 Å². The number of hydrazone groups is 1. The number of halogens is 1. The molecule has 0 heterocycles. The lowest BCUT2D eigenvalue weighted by atomic mass is 10.2. The molecule has 0 atom stereocenters. The molecule has 0 unspecified atom stereocenters. The second-order valence-corrected chi connectivity index (χ2v) is 5.22. The van der Waals surface area contributed by atoms with E-state index in [1.165, 1.54) is 0 Å². The normalized spacial score (nSPS) is 10.5. The number of ether oxygens (including phenoxy) is 2. The third-order valence-electron chi connectivity index (χ3n) is 2.70. The van der Waals surface area contributed by atoms with Gasteiger partial charge in [0, 0.05) is 4.47 Å². The lowest BCUT2D eigenvalue weighted by Gasteiger charge is -2.04. The predicted molar refractivity (Wildman–Crippen MR) is 88.4 cm³/mol. The van der Waals surface area contributed by atoms with Crippen LogP contribution in [0.3, 0.4) is 0 Å². The highest BCUT2D eigenvalue weighted by Gasteiger charge is 2.01. The van der Waals surface area contributed by atoms with E-state index < -0.39 is 0 Å². The largest absolute Gasteiger partial charge is 0.497 e. The molecule has 0 aromatic heterocycles. The second kappa shape index (κ2) is 8.19. The predicted octanol–water partition coefficient (Wildman–Crippen LogP) is 2.99. The van der Waals surface area contributed by atoms with Crippen molar-refractivity contribution in [1.82, 2.24) is 5.43 Å². The maximum Gasteiger partial charge on any atom is 0.277 e. The van der Waals surface area contributed by atoms with E-state index in [1.54, 1.807) is 25.5 Å². The molecule has 0 saturated heterocycles. The molecule has 0 radical (unpaired) electrons. The smallest absolute Gasteiger partial charge is 0.277 e. The van der Waals surface area contributed by atoms with Gasteiger partial charge in [0.15, 0.2) is 6.61 Å². The van der Waals surface area contributed by atoms with E-state index in [1.807, 2.05) is 36.4 Å². The SMILES string of the molecule is COc1ccc(C=NNC(=O)COc2ccc(Br)cc2)cc1. The number of methoxy groups -OCH3 is 1. The number of hydrogen-bond donors (Lipinski definition) is 1. The molecule has 0 spiro atoms. The van der Waals surface area contributed by atoms with E-state index in [0.717, 1.165) is 15.8 Å². The number of amides is 1. The van der Waals surface area contributed by atoms with Gasteiger partial charge in [-0.05, 0) is 54.1 Å². The van der Waals surface area contributed by atoms with E-state index in [4.69, 9.17) is 9.47 Å². The fourth-order valence-corrected chi connectivity index (χ4v) is 1.85. The van der Waals surface area contributed by atoms with Crippen molar-refractivity contribution >= 4 is 28.1 Å². The first-order valence-electron chi connectivity index (χ1n) is 6.52. The van der Waals surface area contributed by atoms with Gasteiger partial charge in [0.2, 0.25) is 0 Å². The summed E-state index contributed by atoms with van der Waals surface area (Å²) in [6.07, 6.45) is 1.55. The Bertz CT molecular complexity index is 639. The van der Waals surface area contributed by atoms with Crippen LogP contribution in [0.5, 0.6) is 11.5 Å². The minimum Gasteiger partial charge on any atom is -0.497 e. The number of nitrogens with zero attached hydrogens (tertiary/aromatic N) is 1. The highest BCUT2D eigenvalue weighted by molar-refractivity contribution is 9.10. The Morgan fingerprint density at radius 1 is 1.14 bits per heavy atom. The molecule has 1 amide bonds. The number of nitrogens with one attached hydrogen (secondary N) is 1. The summed E-state index contributed by atoms with van der Waals surface area (Å²) in [4.78, 5) is 11.6. The van der Waals surface area contributed by atoms with Gasteiger partial charge >= 0.3 is 0 Å². The van der Waals surface area contributed by atoms with Gasteiger partial charge in [-0.15, -0.1) is 0 Å². The van der Waals surface area contributed by atoms with Crippen LogP contribution in [0.15, 0.2) is 58.1 Å². The quantitative estimate of drug-likeness (QED) is 0.634. The molecule has 0 aliphatic rings. The topological polar surface area (TPSA) is 59.9 Å². The molecule has 6 heteroatoms. The van der Waals surface area contributed by atoms with Crippen molar-refractivity contribution in [3.63, 3.8) is 0 Å². The van der Waals surface area contributed by atoms with Gasteiger partial charge in [0.25, 0.3) is 5.91 Å². The molecule has 2 aromatic carbocycles. The van der Waals surface area contributed by atoms with Crippen LogP contribution in [0, 0.1) is 0 Å². The molecular formula is C16H15BrN2O3. The second-order valence-electron chi connectivity index (χ2n) is 4.31. The zero-order valence-corrected chi connectivity index (χ0v) is 13.5. The molecule has 114 valence electrons. The van der Waals surface area contributed by atoms with E-state index in [-0.39, 0.29) is 12.5 Å². The molecule has 0 aliphatic carbocycles. The lowest BCUT2D eigenvalue weighted by Crippen LogP contribution is -2.24. The van der Waals surface area contributed by atoms with Crippen LogP contribution in [0.2, 0.25) is 0 Å². The maximum atomic E-state index is 11.6. The average molecular weight is 363 g/mol. The summed E-state index contributed by atoms with van der Waals surface area (Å²) in [5, 5.41) is 3.87. The Kier molecular flexibility index (Phi) is 5.97. The molecule has 0 bridgehead atoms. The van der Waals surface area contributed by atoms with Gasteiger partial charge in [-0.2, -0.15) is 5.10 Å². The molecule has 2 aromatic rings. The summed E-state index contributed by atoms with van der Waals surface area (Å²) in [5.74, 6) is 1.06. The van der Waals surface area contributed by atoms with Crippen molar-refractivity contribution in [3.05, 3.63) is 58.6 Å². The summed E-state index contributed by atoms with van der Waals surface area (Å²) in [6.45, 7) is -0.0956. The molecule has 5 nitrogen and oxygen atoms in total. The van der Waals surface area contributed by atoms with E-state index >= 15 is 0 Å². The van der Waals surface area contributed by atoms with Gasteiger partial charge < -0.3 is 9.47 Å². The fraction of sp³-hybridized carbons (Fsp3) is 0.125. The standard InChI is InChI=1S/C16H15BrN2O3/c1-21-14-6-2-12(3-7-14)10-18-19-16(20)11-22-15-8-4-13(17)5-9-15/h2-10H,11H2,1H3,(H,19,20). The zero-order valence-electron chi connectivity index (χ0n) is 12.0. The maximum absolute atomic E-state index is 11.6. The third kappa shape index (κ3) is 5.21. The number of hydrogen-bond acceptors (Lipinski definition) is 4. The average Bonchev–Trinajstić information content (AvgIpc) is 2.55. The number of benzene rings is 2. The van der Waals surface area contributed by atoms with Crippen LogP contribution in [-0.4, -0.2) is 25.8 Å². The highest BCUT2D eigenvalue weighted by Crippen LogP contribution is 2.15. The summed E-state index contributed by atoms with van der Waals surface area (Å²) < 4.78 is 11.3. The Morgan fingerprint density at radius 2 is 1.77 bits per heavy atom. The Morgan fingerprint density at radius 3 is 2.41 bits per heavy atom. The Labute approximate surface area is 137 Å². The molecule has 22 heavy (non-hydrogen) atoms. The van der Waals surface area contributed by atoms with Gasteiger partial charge in [-0.25, -0.2) is 5.43 Å². The first-order chi connectivity index (χ1) is 10.7. The molecule has 0 aliphatic heterocycles. The van der Waals surface area contributed by atoms with Crippen molar-refractivity contribution < 1.29 is 14.3 Å². The van der Waals surface area contributed by atoms with Crippen LogP contribution < -0.4 is 14.9 Å². The number of carbonyl (C=O) groups is 1. The van der Waals surface area contributed by atoms with Crippen molar-refractivity contribution in [2.24, 2.45) is 5.10 Å². The lowest BCUT2D eigenvalue weighted by molar-refractivity contribution is -0.123. The van der Waals surface area contributed by atoms with Gasteiger partial charge in [0.05, 0.1) is 13.3 Å². The van der Waals surface area contributed by atoms with Crippen LogP contribution in [0.25, 0.3) is 0 Å². The number of carbonyl (C=O) groups excluding carboxylic acids is 1. The van der Waals surface area contributed by atoms with Crippen LogP contribution in [-0.2, 0) is 4.79 Å². The van der Waals surface area contributed by atoms with E-state index in [0.29, 0.717) is 5.75 Å². The van der Waals surface area contributed by atoms with Gasteiger partial charge in [-0.1, -0.05) is 15.9 Å². The van der Waals surface area contributed by atoms with Crippen LogP contribution in [0.4, 0.5) is 0 Å². The first kappa shape index (κ1) is 16.0. The third-order valence-corrected chi connectivity index (χ3v) is 3.23. The van der Waals surface area contributed by atoms with Gasteiger partial charge in [-0.3, -0.25) is 4.79 Å². The van der Waals surface area contributed by atoms with E-state index in [9.17, 15) is 4.79 Å². The van der Waals surface area contributed by atoms with Crippen molar-refractivity contribution in [2.45, 2.75) is 0 Å².